The van der Waals surface area contributed by atoms with Crippen molar-refractivity contribution in [3.63, 3.8) is 0 Å². The maximum atomic E-state index is 12.7. The number of carbonyl (C=O) groups is 1. The fourth-order valence-corrected chi connectivity index (χ4v) is 5.73. The van der Waals surface area contributed by atoms with Crippen molar-refractivity contribution >= 4 is 29.3 Å². The average molecular weight is 520 g/mol. The van der Waals surface area contributed by atoms with Crippen LogP contribution in [0.4, 0.5) is 4.79 Å². The largest absolute Gasteiger partial charge is 0.444 e. The van der Waals surface area contributed by atoms with Crippen LogP contribution >= 0.6 is 11.6 Å². The molecular formula is C29H34ClN5O2. The molecular weight excluding hydrogens is 486 g/mol. The van der Waals surface area contributed by atoms with Gasteiger partial charge in [-0.2, -0.15) is 0 Å². The van der Waals surface area contributed by atoms with Crippen molar-refractivity contribution in [2.45, 2.75) is 51.2 Å². The van der Waals surface area contributed by atoms with Gasteiger partial charge in [-0.1, -0.05) is 23.7 Å². The first-order valence-electron chi connectivity index (χ1n) is 12.8. The van der Waals surface area contributed by atoms with Crippen LogP contribution in [0.5, 0.6) is 0 Å². The van der Waals surface area contributed by atoms with E-state index in [-0.39, 0.29) is 18.1 Å². The van der Waals surface area contributed by atoms with E-state index < -0.39 is 5.60 Å². The number of piperidine rings is 1. The van der Waals surface area contributed by atoms with E-state index >= 15 is 0 Å². The van der Waals surface area contributed by atoms with Gasteiger partial charge < -0.3 is 19.9 Å². The Balaban J connectivity index is 1.53. The van der Waals surface area contributed by atoms with Crippen molar-refractivity contribution < 1.29 is 9.53 Å². The smallest absolute Gasteiger partial charge is 0.410 e. The third kappa shape index (κ3) is 5.15. The van der Waals surface area contributed by atoms with Crippen LogP contribution in [-0.2, 0) is 11.8 Å². The van der Waals surface area contributed by atoms with Gasteiger partial charge in [-0.25, -0.2) is 9.78 Å². The number of carbonyl (C=O) groups excluding carboxylic acids is 1. The molecule has 3 aromatic rings. The zero-order valence-electron chi connectivity index (χ0n) is 21.8. The summed E-state index contributed by atoms with van der Waals surface area (Å²) in [6.07, 6.45) is 9.05. The maximum Gasteiger partial charge on any atom is 0.410 e. The molecule has 7 nitrogen and oxygen atoms in total. The van der Waals surface area contributed by atoms with E-state index in [0.29, 0.717) is 24.0 Å². The van der Waals surface area contributed by atoms with E-state index in [4.69, 9.17) is 27.1 Å². The Labute approximate surface area is 223 Å². The molecule has 2 aliphatic rings. The molecule has 2 aromatic heterocycles. The van der Waals surface area contributed by atoms with Crippen molar-refractivity contribution in [2.75, 3.05) is 13.1 Å². The highest BCUT2D eigenvalue weighted by molar-refractivity contribution is 6.30. The molecule has 1 amide bonds. The van der Waals surface area contributed by atoms with Crippen LogP contribution in [-0.4, -0.2) is 44.2 Å². The highest BCUT2D eigenvalue weighted by Gasteiger charge is 2.37. The van der Waals surface area contributed by atoms with Crippen LogP contribution in [0.15, 0.2) is 49.1 Å². The Morgan fingerprint density at radius 2 is 1.97 bits per heavy atom. The minimum atomic E-state index is -0.509. The Morgan fingerprint density at radius 3 is 2.65 bits per heavy atom. The fraction of sp³-hybridized carbons (Fsp3) is 0.414. The number of halogens is 1. The van der Waals surface area contributed by atoms with Crippen LogP contribution in [0.3, 0.4) is 0 Å². The molecule has 3 heterocycles. The van der Waals surface area contributed by atoms with Gasteiger partial charge in [0.05, 0.1) is 30.0 Å². The quantitative estimate of drug-likeness (QED) is 0.472. The van der Waals surface area contributed by atoms with Crippen LogP contribution in [0.1, 0.15) is 73.7 Å². The standard InChI is InChI=1S/C29H34ClN5O2/c1-29(2,3)37-28(36)35-12-9-18(10-13-35)25-21-8-7-20(30)15-22(21)23(14-19-6-5-11-33-27(19)25)26(31)24-16-32-17-34(24)4/h5-8,11,14-18,25-26H,9-10,12-13,31H2,1-4H3/t25-,26?/m0/s1. The lowest BCUT2D eigenvalue weighted by Gasteiger charge is -2.37. The molecule has 1 aliphatic heterocycles. The first-order valence-corrected chi connectivity index (χ1v) is 13.2. The van der Waals surface area contributed by atoms with Gasteiger partial charge in [0.15, 0.2) is 0 Å². The molecule has 1 fully saturated rings. The van der Waals surface area contributed by atoms with Crippen molar-refractivity contribution in [2.24, 2.45) is 18.7 Å². The zero-order valence-corrected chi connectivity index (χ0v) is 22.6. The fourth-order valence-electron chi connectivity index (χ4n) is 5.56. The first kappa shape index (κ1) is 25.5. The number of fused-ring (bicyclic) bond motifs is 2. The number of hydrogen-bond donors (Lipinski definition) is 1. The monoisotopic (exact) mass is 519 g/mol. The number of ether oxygens (including phenoxy) is 1. The number of rotatable bonds is 3. The number of pyridine rings is 1. The number of nitrogens with zero attached hydrogens (tertiary/aromatic N) is 4. The molecule has 37 heavy (non-hydrogen) atoms. The molecule has 0 saturated carbocycles. The van der Waals surface area contributed by atoms with Crippen molar-refractivity contribution in [3.05, 3.63) is 82.2 Å². The topological polar surface area (TPSA) is 86.3 Å². The SMILES string of the molecule is Cn1cncc1C(N)C1=Cc2cccnc2[C@@H](C2CCN(C(=O)OC(C)(C)C)CC2)c2ccc(Cl)cc21. The second-order valence-electron chi connectivity index (χ2n) is 11.0. The molecule has 0 bridgehead atoms. The second kappa shape index (κ2) is 9.95. The first-order chi connectivity index (χ1) is 17.6. The van der Waals surface area contributed by atoms with Crippen molar-refractivity contribution in [1.29, 1.82) is 0 Å². The summed E-state index contributed by atoms with van der Waals surface area (Å²) >= 11 is 6.55. The Kier molecular flexibility index (Phi) is 6.86. The number of likely N-dealkylation sites (tertiary alicyclic amines) is 1. The molecule has 0 radical (unpaired) electrons. The molecule has 0 spiro atoms. The van der Waals surface area contributed by atoms with Gasteiger partial charge in [-0.3, -0.25) is 4.98 Å². The van der Waals surface area contributed by atoms with Gasteiger partial charge >= 0.3 is 6.09 Å². The number of imidazole rings is 1. The Bertz CT molecular complexity index is 1330. The lowest BCUT2D eigenvalue weighted by atomic mass is 9.75. The number of amides is 1. The van der Waals surface area contributed by atoms with Gasteiger partial charge in [0.1, 0.15) is 5.60 Å². The zero-order chi connectivity index (χ0) is 26.3. The van der Waals surface area contributed by atoms with Gasteiger partial charge in [0.25, 0.3) is 0 Å². The molecule has 1 saturated heterocycles. The van der Waals surface area contributed by atoms with Gasteiger partial charge in [0, 0.05) is 37.3 Å². The molecule has 2 N–H and O–H groups in total. The number of nitrogens with two attached hydrogens (primary N) is 1. The normalized spacial score (nSPS) is 18.9. The summed E-state index contributed by atoms with van der Waals surface area (Å²) in [6, 6.07) is 9.78. The minimum Gasteiger partial charge on any atom is -0.444 e. The van der Waals surface area contributed by atoms with Crippen LogP contribution < -0.4 is 5.73 Å². The molecule has 1 aliphatic carbocycles. The minimum absolute atomic E-state index is 0.0525. The maximum absolute atomic E-state index is 12.7. The lowest BCUT2D eigenvalue weighted by Crippen LogP contribution is -2.42. The Morgan fingerprint density at radius 1 is 1.22 bits per heavy atom. The van der Waals surface area contributed by atoms with Crippen molar-refractivity contribution in [1.82, 2.24) is 19.4 Å². The summed E-state index contributed by atoms with van der Waals surface area (Å²) < 4.78 is 7.57. The highest BCUT2D eigenvalue weighted by atomic mass is 35.5. The number of hydrogen-bond acceptors (Lipinski definition) is 5. The third-order valence-electron chi connectivity index (χ3n) is 7.31. The molecule has 1 unspecified atom stereocenters. The molecule has 2 atom stereocenters. The molecule has 8 heteroatoms. The van der Waals surface area contributed by atoms with E-state index in [1.807, 2.05) is 67.9 Å². The Hall–Kier alpha value is -3.16. The second-order valence-corrected chi connectivity index (χ2v) is 11.4. The van der Waals surface area contributed by atoms with Gasteiger partial charge in [-0.15, -0.1) is 0 Å². The summed E-state index contributed by atoms with van der Waals surface area (Å²) in [5.41, 5.74) is 12.6. The lowest BCUT2D eigenvalue weighted by molar-refractivity contribution is 0.0178. The van der Waals surface area contributed by atoms with Crippen LogP contribution in [0, 0.1) is 5.92 Å². The molecule has 194 valence electrons. The van der Waals surface area contributed by atoms with E-state index in [0.717, 1.165) is 40.9 Å². The van der Waals surface area contributed by atoms with Crippen molar-refractivity contribution in [3.8, 4) is 0 Å². The van der Waals surface area contributed by atoms with E-state index in [2.05, 4.69) is 23.2 Å². The predicted molar refractivity (Wildman–Crippen MR) is 146 cm³/mol. The van der Waals surface area contributed by atoms with Gasteiger partial charge in [0.2, 0.25) is 0 Å². The summed E-state index contributed by atoms with van der Waals surface area (Å²) in [5.74, 6) is 0.352. The average Bonchev–Trinajstić information content (AvgIpc) is 3.23. The number of aromatic nitrogens is 3. The summed E-state index contributed by atoms with van der Waals surface area (Å²) in [4.78, 5) is 23.7. The predicted octanol–water partition coefficient (Wildman–Crippen LogP) is 5.80. The van der Waals surface area contributed by atoms with Crippen LogP contribution in [0.25, 0.3) is 11.6 Å². The van der Waals surface area contributed by atoms with E-state index in [1.54, 1.807) is 6.33 Å². The summed E-state index contributed by atoms with van der Waals surface area (Å²) in [5, 5.41) is 0.666. The van der Waals surface area contributed by atoms with Crippen LogP contribution in [0.2, 0.25) is 5.02 Å². The van der Waals surface area contributed by atoms with Gasteiger partial charge in [-0.05, 0) is 86.1 Å². The molecule has 5 rings (SSSR count). The third-order valence-corrected chi connectivity index (χ3v) is 7.54. The van der Waals surface area contributed by atoms with E-state index in [9.17, 15) is 4.79 Å². The number of aryl methyl sites for hydroxylation is 1. The summed E-state index contributed by atoms with van der Waals surface area (Å²) in [6.45, 7) is 6.99. The summed E-state index contributed by atoms with van der Waals surface area (Å²) in [7, 11) is 1.95. The molecule has 1 aromatic carbocycles. The number of benzene rings is 1. The van der Waals surface area contributed by atoms with E-state index in [1.165, 1.54) is 5.56 Å². The highest BCUT2D eigenvalue weighted by Crippen LogP contribution is 2.47.